The zero-order valence-electron chi connectivity index (χ0n) is 12.3. The van der Waals surface area contributed by atoms with Crippen LogP contribution in [0.2, 0.25) is 5.02 Å². The van der Waals surface area contributed by atoms with Crippen molar-refractivity contribution >= 4 is 11.6 Å². The summed E-state index contributed by atoms with van der Waals surface area (Å²) in [4.78, 5) is 0. The van der Waals surface area contributed by atoms with Gasteiger partial charge in [-0.3, -0.25) is 0 Å². The fraction of sp³-hybridized carbons (Fsp3) is 0.294. The van der Waals surface area contributed by atoms with Crippen molar-refractivity contribution in [3.63, 3.8) is 0 Å². The lowest BCUT2D eigenvalue weighted by molar-refractivity contribution is 0.537. The van der Waals surface area contributed by atoms with Crippen LogP contribution in [0.1, 0.15) is 35.2 Å². The summed E-state index contributed by atoms with van der Waals surface area (Å²) in [6.45, 7) is 6.13. The number of halogens is 3. The van der Waals surface area contributed by atoms with E-state index in [0.29, 0.717) is 22.7 Å². The lowest BCUT2D eigenvalue weighted by atomic mass is 9.93. The molecule has 2 aromatic carbocycles. The molecule has 21 heavy (non-hydrogen) atoms. The molecule has 0 aliphatic carbocycles. The normalized spacial score (nSPS) is 12.5. The van der Waals surface area contributed by atoms with E-state index in [9.17, 15) is 8.78 Å². The number of hydrogen-bond donors (Lipinski definition) is 1. The van der Waals surface area contributed by atoms with Crippen LogP contribution >= 0.6 is 11.6 Å². The fourth-order valence-electron chi connectivity index (χ4n) is 2.43. The summed E-state index contributed by atoms with van der Waals surface area (Å²) in [5, 5.41) is 3.88. The highest BCUT2D eigenvalue weighted by molar-refractivity contribution is 6.31. The van der Waals surface area contributed by atoms with Gasteiger partial charge in [-0.1, -0.05) is 30.7 Å². The largest absolute Gasteiger partial charge is 0.306 e. The van der Waals surface area contributed by atoms with Gasteiger partial charge in [0, 0.05) is 16.7 Å². The highest BCUT2D eigenvalue weighted by Gasteiger charge is 2.21. The zero-order chi connectivity index (χ0) is 15.6. The van der Waals surface area contributed by atoms with Gasteiger partial charge in [-0.05, 0) is 49.2 Å². The third-order valence-corrected chi connectivity index (χ3v) is 4.03. The van der Waals surface area contributed by atoms with E-state index in [-0.39, 0.29) is 6.04 Å². The molecule has 0 fully saturated rings. The molecule has 0 heterocycles. The van der Waals surface area contributed by atoms with Crippen LogP contribution < -0.4 is 5.32 Å². The van der Waals surface area contributed by atoms with Crippen molar-refractivity contribution in [2.24, 2.45) is 0 Å². The summed E-state index contributed by atoms with van der Waals surface area (Å²) in [6, 6.07) is 7.69. The molecular weight excluding hydrogens is 292 g/mol. The predicted octanol–water partition coefficient (Wildman–Crippen LogP) is 4.93. The average Bonchev–Trinajstić information content (AvgIpc) is 2.44. The molecule has 0 aromatic heterocycles. The van der Waals surface area contributed by atoms with Crippen LogP contribution in [-0.2, 0) is 0 Å². The number of nitrogens with one attached hydrogen (secondary N) is 1. The van der Waals surface area contributed by atoms with Crippen molar-refractivity contribution in [1.82, 2.24) is 5.32 Å². The lowest BCUT2D eigenvalue weighted by Gasteiger charge is -2.22. The number of hydrogen-bond acceptors (Lipinski definition) is 1. The van der Waals surface area contributed by atoms with Gasteiger partial charge in [0.05, 0.1) is 6.04 Å². The molecule has 0 amide bonds. The number of aryl methyl sites for hydroxylation is 1. The average molecular weight is 310 g/mol. The molecule has 0 aliphatic heterocycles. The molecule has 0 radical (unpaired) electrons. The summed E-state index contributed by atoms with van der Waals surface area (Å²) >= 11 is 6.16. The van der Waals surface area contributed by atoms with Crippen molar-refractivity contribution in [3.8, 4) is 0 Å². The Labute approximate surface area is 128 Å². The molecule has 0 saturated heterocycles. The summed E-state index contributed by atoms with van der Waals surface area (Å²) in [5.74, 6) is -1.09. The maximum absolute atomic E-state index is 14.2. The first-order valence-electron chi connectivity index (χ1n) is 6.89. The van der Waals surface area contributed by atoms with E-state index in [1.807, 2.05) is 26.0 Å². The van der Waals surface area contributed by atoms with E-state index in [1.54, 1.807) is 19.1 Å². The molecule has 1 atom stereocenters. The third-order valence-electron chi connectivity index (χ3n) is 3.62. The van der Waals surface area contributed by atoms with Gasteiger partial charge in [-0.15, -0.1) is 0 Å². The molecule has 2 rings (SSSR count). The summed E-state index contributed by atoms with van der Waals surface area (Å²) in [6.07, 6.45) is 0. The molecule has 0 saturated carbocycles. The molecule has 0 bridgehead atoms. The van der Waals surface area contributed by atoms with Crippen molar-refractivity contribution in [2.45, 2.75) is 26.8 Å². The predicted molar refractivity (Wildman–Crippen MR) is 82.8 cm³/mol. The Hall–Kier alpha value is -1.45. The Morgan fingerprint density at radius 1 is 1.10 bits per heavy atom. The minimum atomic E-state index is -0.552. The Morgan fingerprint density at radius 2 is 1.81 bits per heavy atom. The monoisotopic (exact) mass is 309 g/mol. The minimum absolute atomic E-state index is 0.354. The van der Waals surface area contributed by atoms with Crippen LogP contribution in [0, 0.1) is 25.5 Å². The molecule has 1 N–H and O–H groups in total. The summed E-state index contributed by atoms with van der Waals surface area (Å²) < 4.78 is 27.7. The van der Waals surface area contributed by atoms with Crippen molar-refractivity contribution < 1.29 is 8.78 Å². The van der Waals surface area contributed by atoms with Crippen LogP contribution in [0.3, 0.4) is 0 Å². The van der Waals surface area contributed by atoms with Crippen LogP contribution in [0.25, 0.3) is 0 Å². The first-order chi connectivity index (χ1) is 9.95. The Kier molecular flexibility index (Phi) is 4.96. The van der Waals surface area contributed by atoms with Gasteiger partial charge in [0.15, 0.2) is 0 Å². The van der Waals surface area contributed by atoms with Crippen LogP contribution in [0.4, 0.5) is 8.78 Å². The fourth-order valence-corrected chi connectivity index (χ4v) is 2.61. The first-order valence-corrected chi connectivity index (χ1v) is 7.27. The molecule has 112 valence electrons. The first kappa shape index (κ1) is 15.9. The van der Waals surface area contributed by atoms with Crippen LogP contribution in [0.5, 0.6) is 0 Å². The number of rotatable bonds is 4. The minimum Gasteiger partial charge on any atom is -0.306 e. The van der Waals surface area contributed by atoms with E-state index in [0.717, 1.165) is 17.2 Å². The maximum Gasteiger partial charge on any atom is 0.131 e. The van der Waals surface area contributed by atoms with E-state index >= 15 is 0 Å². The zero-order valence-corrected chi connectivity index (χ0v) is 13.1. The molecule has 0 aliphatic rings. The summed E-state index contributed by atoms with van der Waals surface area (Å²) in [5.41, 5.74) is 2.65. The quantitative estimate of drug-likeness (QED) is 0.844. The standard InChI is InChI=1S/C17H18ClF2N/c1-4-21-17(12-6-5-7-14(18)11(12)3)13-8-10(2)15(19)9-16(13)20/h5-9,17,21H,4H2,1-3H3. The molecule has 0 spiro atoms. The van der Waals surface area contributed by atoms with E-state index in [4.69, 9.17) is 11.6 Å². The van der Waals surface area contributed by atoms with Gasteiger partial charge in [-0.25, -0.2) is 8.78 Å². The second-order valence-corrected chi connectivity index (χ2v) is 5.47. The van der Waals surface area contributed by atoms with Crippen LogP contribution in [-0.4, -0.2) is 6.54 Å². The lowest BCUT2D eigenvalue weighted by Crippen LogP contribution is -2.24. The van der Waals surface area contributed by atoms with E-state index in [1.165, 1.54) is 0 Å². The number of benzene rings is 2. The van der Waals surface area contributed by atoms with Gasteiger partial charge in [0.2, 0.25) is 0 Å². The Morgan fingerprint density at radius 3 is 2.48 bits per heavy atom. The molecule has 1 nitrogen and oxygen atoms in total. The second-order valence-electron chi connectivity index (χ2n) is 5.07. The van der Waals surface area contributed by atoms with Crippen molar-refractivity contribution in [3.05, 3.63) is 69.2 Å². The Balaban J connectivity index is 2.59. The third kappa shape index (κ3) is 3.25. The van der Waals surface area contributed by atoms with Crippen LogP contribution in [0.15, 0.2) is 30.3 Å². The van der Waals surface area contributed by atoms with Crippen molar-refractivity contribution in [1.29, 1.82) is 0 Å². The topological polar surface area (TPSA) is 12.0 Å². The highest BCUT2D eigenvalue weighted by Crippen LogP contribution is 2.31. The summed E-state index contributed by atoms with van der Waals surface area (Å²) in [7, 11) is 0. The van der Waals surface area contributed by atoms with Gasteiger partial charge in [0.25, 0.3) is 0 Å². The van der Waals surface area contributed by atoms with Gasteiger partial charge < -0.3 is 5.32 Å². The van der Waals surface area contributed by atoms with Crippen molar-refractivity contribution in [2.75, 3.05) is 6.54 Å². The molecular formula is C17H18ClF2N. The second kappa shape index (κ2) is 6.54. The highest BCUT2D eigenvalue weighted by atomic mass is 35.5. The molecule has 4 heteroatoms. The van der Waals surface area contributed by atoms with Gasteiger partial charge >= 0.3 is 0 Å². The molecule has 2 aromatic rings. The SMILES string of the molecule is CCNC(c1cc(C)c(F)cc1F)c1cccc(Cl)c1C. The molecule has 1 unspecified atom stereocenters. The maximum atomic E-state index is 14.2. The van der Waals surface area contributed by atoms with Gasteiger partial charge in [0.1, 0.15) is 11.6 Å². The van der Waals surface area contributed by atoms with E-state index in [2.05, 4.69) is 5.32 Å². The smallest absolute Gasteiger partial charge is 0.131 e. The Bertz CT molecular complexity index is 655. The van der Waals surface area contributed by atoms with E-state index < -0.39 is 11.6 Å². The van der Waals surface area contributed by atoms with Gasteiger partial charge in [-0.2, -0.15) is 0 Å².